The Kier molecular flexibility index (Phi) is 4.70. The van der Waals surface area contributed by atoms with Crippen molar-refractivity contribution < 1.29 is 0 Å². The minimum absolute atomic E-state index is 0.442. The van der Waals surface area contributed by atoms with E-state index in [1.54, 1.807) is 0 Å². The molecule has 1 aromatic carbocycles. The number of nitrogens with zero attached hydrogens (tertiary/aromatic N) is 1. The van der Waals surface area contributed by atoms with Crippen LogP contribution in [-0.2, 0) is 0 Å². The maximum Gasteiger partial charge on any atom is 0.0371 e. The molecule has 0 bridgehead atoms. The Morgan fingerprint density at radius 1 is 1.21 bits per heavy atom. The van der Waals surface area contributed by atoms with E-state index in [0.717, 1.165) is 12.5 Å². The molecule has 1 fully saturated rings. The maximum atomic E-state index is 5.95. The third kappa shape index (κ3) is 3.87. The summed E-state index contributed by atoms with van der Waals surface area (Å²) in [5, 5.41) is 3.60. The molecule has 106 valence electrons. The number of nitrogens with two attached hydrogens (primary N) is 1. The molecular weight excluding hydrogens is 234 g/mol. The highest BCUT2D eigenvalue weighted by Crippen LogP contribution is 2.25. The van der Waals surface area contributed by atoms with Gasteiger partial charge in [0.1, 0.15) is 0 Å². The topological polar surface area (TPSA) is 41.3 Å². The van der Waals surface area contributed by atoms with Crippen LogP contribution in [0, 0.1) is 12.8 Å². The lowest BCUT2D eigenvalue weighted by atomic mass is 9.86. The first-order valence-corrected chi connectivity index (χ1v) is 7.33. The Bertz CT molecular complexity index is 406. The van der Waals surface area contributed by atoms with Crippen LogP contribution >= 0.6 is 0 Å². The van der Waals surface area contributed by atoms with E-state index in [2.05, 4.69) is 49.4 Å². The molecule has 0 aromatic heterocycles. The molecule has 3 nitrogen and oxygen atoms in total. The van der Waals surface area contributed by atoms with Gasteiger partial charge in [-0.3, -0.25) is 0 Å². The molecule has 0 heterocycles. The Balaban J connectivity index is 1.89. The number of hydrogen-bond acceptors (Lipinski definition) is 3. The molecule has 3 heteroatoms. The van der Waals surface area contributed by atoms with Crippen LogP contribution in [0.1, 0.15) is 31.2 Å². The van der Waals surface area contributed by atoms with Gasteiger partial charge in [-0.25, -0.2) is 0 Å². The molecule has 3 N–H and O–H groups in total. The van der Waals surface area contributed by atoms with Gasteiger partial charge in [0.25, 0.3) is 0 Å². The van der Waals surface area contributed by atoms with Crippen molar-refractivity contribution in [3.63, 3.8) is 0 Å². The van der Waals surface area contributed by atoms with E-state index >= 15 is 0 Å². The summed E-state index contributed by atoms with van der Waals surface area (Å²) in [6.45, 7) is 3.25. The summed E-state index contributed by atoms with van der Waals surface area (Å²) >= 11 is 0. The van der Waals surface area contributed by atoms with Crippen molar-refractivity contribution in [2.75, 3.05) is 30.9 Å². The molecule has 0 saturated heterocycles. The quantitative estimate of drug-likeness (QED) is 0.875. The first-order chi connectivity index (χ1) is 9.06. The highest BCUT2D eigenvalue weighted by molar-refractivity contribution is 5.59. The maximum absolute atomic E-state index is 5.95. The first-order valence-electron chi connectivity index (χ1n) is 7.33. The van der Waals surface area contributed by atoms with Gasteiger partial charge in [-0.2, -0.15) is 0 Å². The Hall–Kier alpha value is -1.22. The summed E-state index contributed by atoms with van der Waals surface area (Å²) in [4.78, 5) is 2.14. The Labute approximate surface area is 117 Å². The van der Waals surface area contributed by atoms with Crippen LogP contribution in [-0.4, -0.2) is 26.7 Å². The Morgan fingerprint density at radius 3 is 2.47 bits per heavy atom. The number of nitrogens with one attached hydrogen (secondary N) is 1. The van der Waals surface area contributed by atoms with Crippen LogP contribution in [0.3, 0.4) is 0 Å². The smallest absolute Gasteiger partial charge is 0.0371 e. The Morgan fingerprint density at radius 2 is 1.89 bits per heavy atom. The van der Waals surface area contributed by atoms with Crippen molar-refractivity contribution in [3.05, 3.63) is 23.8 Å². The van der Waals surface area contributed by atoms with Gasteiger partial charge in [-0.15, -0.1) is 0 Å². The van der Waals surface area contributed by atoms with Crippen LogP contribution < -0.4 is 16.0 Å². The van der Waals surface area contributed by atoms with Gasteiger partial charge in [-0.1, -0.05) is 0 Å². The van der Waals surface area contributed by atoms with Gasteiger partial charge in [0.15, 0.2) is 0 Å². The highest BCUT2D eigenvalue weighted by atomic mass is 15.1. The van der Waals surface area contributed by atoms with E-state index in [9.17, 15) is 0 Å². The molecule has 1 saturated carbocycles. The van der Waals surface area contributed by atoms with Gasteiger partial charge < -0.3 is 16.0 Å². The van der Waals surface area contributed by atoms with Crippen molar-refractivity contribution in [2.45, 2.75) is 38.6 Å². The van der Waals surface area contributed by atoms with Gasteiger partial charge in [0.05, 0.1) is 0 Å². The molecule has 2 rings (SSSR count). The van der Waals surface area contributed by atoms with E-state index in [1.165, 1.54) is 42.6 Å². The van der Waals surface area contributed by atoms with E-state index in [0.29, 0.717) is 6.04 Å². The van der Waals surface area contributed by atoms with Gasteiger partial charge in [-0.05, 0) is 62.3 Å². The summed E-state index contributed by atoms with van der Waals surface area (Å²) in [6, 6.07) is 7.04. The molecule has 1 aliphatic carbocycles. The minimum Gasteiger partial charge on any atom is -0.385 e. The summed E-state index contributed by atoms with van der Waals surface area (Å²) in [5.41, 5.74) is 9.79. The number of aryl methyl sites for hydroxylation is 1. The second-order valence-electron chi connectivity index (χ2n) is 6.06. The molecule has 0 radical (unpaired) electrons. The third-order valence-electron chi connectivity index (χ3n) is 4.20. The second-order valence-corrected chi connectivity index (χ2v) is 6.06. The number of benzene rings is 1. The summed E-state index contributed by atoms with van der Waals surface area (Å²) in [6.07, 6.45) is 4.90. The van der Waals surface area contributed by atoms with Crippen molar-refractivity contribution in [1.29, 1.82) is 0 Å². The average molecular weight is 261 g/mol. The third-order valence-corrected chi connectivity index (χ3v) is 4.20. The summed E-state index contributed by atoms with van der Waals surface area (Å²) in [5.74, 6) is 0.785. The van der Waals surface area contributed by atoms with Gasteiger partial charge >= 0.3 is 0 Å². The van der Waals surface area contributed by atoms with Crippen LogP contribution in [0.25, 0.3) is 0 Å². The molecule has 0 unspecified atom stereocenters. The fourth-order valence-electron chi connectivity index (χ4n) is 2.77. The van der Waals surface area contributed by atoms with Crippen molar-refractivity contribution in [1.82, 2.24) is 0 Å². The summed E-state index contributed by atoms with van der Waals surface area (Å²) in [7, 11) is 4.15. The van der Waals surface area contributed by atoms with E-state index in [1.807, 2.05) is 0 Å². The second kappa shape index (κ2) is 6.29. The average Bonchev–Trinajstić information content (AvgIpc) is 2.39. The molecule has 1 aromatic rings. The largest absolute Gasteiger partial charge is 0.385 e. The lowest BCUT2D eigenvalue weighted by molar-refractivity contribution is 0.339. The normalized spacial score (nSPS) is 23.2. The number of anilines is 2. The lowest BCUT2D eigenvalue weighted by Crippen LogP contribution is -2.29. The number of hydrogen-bond donors (Lipinski definition) is 2. The van der Waals surface area contributed by atoms with Crippen LogP contribution in [0.15, 0.2) is 18.2 Å². The van der Waals surface area contributed by atoms with Crippen LogP contribution in [0.2, 0.25) is 0 Å². The minimum atomic E-state index is 0.442. The standard InChI is InChI=1S/C16H27N3/c1-12-10-15(19(2)3)8-9-16(12)18-11-13-4-6-14(17)7-5-13/h8-10,13-14,18H,4-7,11,17H2,1-3H3. The fourth-order valence-corrected chi connectivity index (χ4v) is 2.77. The molecule has 1 aliphatic rings. The van der Waals surface area contributed by atoms with Crippen LogP contribution in [0.4, 0.5) is 11.4 Å². The molecular formula is C16H27N3. The zero-order chi connectivity index (χ0) is 13.8. The van der Waals surface area contributed by atoms with Gasteiger partial charge in [0, 0.05) is 38.1 Å². The zero-order valence-electron chi connectivity index (χ0n) is 12.4. The molecule has 19 heavy (non-hydrogen) atoms. The fraction of sp³-hybridized carbons (Fsp3) is 0.625. The molecule has 0 atom stereocenters. The van der Waals surface area contributed by atoms with E-state index in [4.69, 9.17) is 5.73 Å². The van der Waals surface area contributed by atoms with Gasteiger partial charge in [0.2, 0.25) is 0 Å². The lowest BCUT2D eigenvalue weighted by Gasteiger charge is -2.27. The first kappa shape index (κ1) is 14.2. The number of rotatable bonds is 4. The monoisotopic (exact) mass is 261 g/mol. The molecule has 0 amide bonds. The predicted molar refractivity (Wildman–Crippen MR) is 83.9 cm³/mol. The van der Waals surface area contributed by atoms with Crippen molar-refractivity contribution in [2.24, 2.45) is 11.7 Å². The van der Waals surface area contributed by atoms with E-state index < -0.39 is 0 Å². The zero-order valence-corrected chi connectivity index (χ0v) is 12.4. The van der Waals surface area contributed by atoms with Crippen molar-refractivity contribution in [3.8, 4) is 0 Å². The van der Waals surface area contributed by atoms with Crippen LogP contribution in [0.5, 0.6) is 0 Å². The molecule has 0 spiro atoms. The molecule has 0 aliphatic heterocycles. The van der Waals surface area contributed by atoms with Crippen molar-refractivity contribution >= 4 is 11.4 Å². The summed E-state index contributed by atoms with van der Waals surface area (Å²) < 4.78 is 0. The highest BCUT2D eigenvalue weighted by Gasteiger charge is 2.18. The van der Waals surface area contributed by atoms with E-state index in [-0.39, 0.29) is 0 Å². The SMILES string of the molecule is Cc1cc(N(C)C)ccc1NCC1CCC(N)CC1. The predicted octanol–water partition coefficient (Wildman–Crippen LogP) is 2.99.